The number of hydrogen-bond donors (Lipinski definition) is 2. The molecule has 2 saturated heterocycles. The molecule has 1 aromatic rings. The molecule has 0 aromatic heterocycles. The van der Waals surface area contributed by atoms with E-state index in [1.165, 1.54) is 29.1 Å². The predicted octanol–water partition coefficient (Wildman–Crippen LogP) is 2.49. The van der Waals surface area contributed by atoms with E-state index in [-0.39, 0.29) is 29.5 Å². The predicted molar refractivity (Wildman–Crippen MR) is 122 cm³/mol. The molecule has 2 aliphatic heterocycles. The van der Waals surface area contributed by atoms with E-state index in [0.29, 0.717) is 0 Å². The Bertz CT molecular complexity index is 587. The molecule has 2 aliphatic rings. The number of nitrogens with zero attached hydrogens (tertiary/aromatic N) is 2. The Morgan fingerprint density at radius 3 is 2.69 bits per heavy atom. The van der Waals surface area contributed by atoms with Crippen LogP contribution in [0.2, 0.25) is 0 Å². The van der Waals surface area contributed by atoms with Crippen LogP contribution in [0.4, 0.5) is 0 Å². The van der Waals surface area contributed by atoms with Crippen LogP contribution < -0.4 is 10.6 Å². The Labute approximate surface area is 178 Å². The van der Waals surface area contributed by atoms with Crippen molar-refractivity contribution in [3.63, 3.8) is 0 Å². The molecule has 146 valence electrons. The molecule has 2 N–H and O–H groups in total. The standard InChI is InChI=1S/C19H30N4OS.HI/c1-16-5-3-4-6-17(16)13-21-18(20-2)22-14-19(7-12-25-15-19)23-8-10-24-11-9-23;/h3-6H,7-15H2,1-2H3,(H2,20,21,22);1H. The number of benzene rings is 1. The second-order valence-electron chi connectivity index (χ2n) is 6.83. The Kier molecular flexibility index (Phi) is 8.99. The van der Waals surface area contributed by atoms with Crippen molar-refractivity contribution in [2.75, 3.05) is 51.4 Å². The first-order chi connectivity index (χ1) is 12.2. The first-order valence-electron chi connectivity index (χ1n) is 9.13. The van der Waals surface area contributed by atoms with Gasteiger partial charge in [-0.3, -0.25) is 9.89 Å². The topological polar surface area (TPSA) is 48.9 Å². The number of ether oxygens (including phenoxy) is 1. The third kappa shape index (κ3) is 5.50. The number of morpholine rings is 1. The van der Waals surface area contributed by atoms with Gasteiger partial charge in [-0.2, -0.15) is 11.8 Å². The quantitative estimate of drug-likeness (QED) is 0.378. The number of aryl methyl sites for hydroxylation is 1. The summed E-state index contributed by atoms with van der Waals surface area (Å²) < 4.78 is 5.54. The largest absolute Gasteiger partial charge is 0.379 e. The number of rotatable bonds is 5. The maximum Gasteiger partial charge on any atom is 0.191 e. The normalized spacial score (nSPS) is 24.2. The molecule has 0 amide bonds. The summed E-state index contributed by atoms with van der Waals surface area (Å²) in [4.78, 5) is 7.04. The molecule has 26 heavy (non-hydrogen) atoms. The Morgan fingerprint density at radius 1 is 1.27 bits per heavy atom. The van der Waals surface area contributed by atoms with Crippen LogP contribution in [0.15, 0.2) is 29.3 Å². The van der Waals surface area contributed by atoms with Crippen molar-refractivity contribution in [1.29, 1.82) is 0 Å². The first kappa shape index (κ1) is 21.8. The summed E-state index contributed by atoms with van der Waals surface area (Å²) in [7, 11) is 1.85. The Balaban J connectivity index is 0.00000243. The highest BCUT2D eigenvalue weighted by Gasteiger charge is 2.40. The highest BCUT2D eigenvalue weighted by Crippen LogP contribution is 2.33. The first-order valence-corrected chi connectivity index (χ1v) is 10.3. The van der Waals surface area contributed by atoms with E-state index in [1.807, 2.05) is 7.05 Å². The van der Waals surface area contributed by atoms with Gasteiger partial charge < -0.3 is 15.4 Å². The Morgan fingerprint density at radius 2 is 2.04 bits per heavy atom. The smallest absolute Gasteiger partial charge is 0.191 e. The van der Waals surface area contributed by atoms with E-state index >= 15 is 0 Å². The summed E-state index contributed by atoms with van der Waals surface area (Å²) >= 11 is 2.06. The second kappa shape index (κ2) is 10.7. The third-order valence-electron chi connectivity index (χ3n) is 5.28. The molecule has 2 fully saturated rings. The third-order valence-corrected chi connectivity index (χ3v) is 6.51. The number of hydrogen-bond acceptors (Lipinski definition) is 4. The van der Waals surface area contributed by atoms with Crippen molar-refractivity contribution in [2.24, 2.45) is 4.99 Å². The van der Waals surface area contributed by atoms with Crippen LogP contribution in [0, 0.1) is 6.92 Å². The second-order valence-corrected chi connectivity index (χ2v) is 7.94. The summed E-state index contributed by atoms with van der Waals surface area (Å²) in [5, 5.41) is 7.04. The SMILES string of the molecule is CN=C(NCc1ccccc1C)NCC1(N2CCOCC2)CCSC1.I. The number of guanidine groups is 1. The van der Waals surface area contributed by atoms with E-state index in [4.69, 9.17) is 4.74 Å². The minimum Gasteiger partial charge on any atom is -0.379 e. The van der Waals surface area contributed by atoms with Crippen LogP contribution in [-0.4, -0.2) is 67.8 Å². The fraction of sp³-hybridized carbons (Fsp3) is 0.632. The lowest BCUT2D eigenvalue weighted by molar-refractivity contribution is -0.0120. The number of thioether (sulfide) groups is 1. The van der Waals surface area contributed by atoms with Gasteiger partial charge >= 0.3 is 0 Å². The van der Waals surface area contributed by atoms with Gasteiger partial charge in [-0.15, -0.1) is 24.0 Å². The summed E-state index contributed by atoms with van der Waals surface area (Å²) in [5.41, 5.74) is 2.85. The van der Waals surface area contributed by atoms with Crippen LogP contribution in [-0.2, 0) is 11.3 Å². The summed E-state index contributed by atoms with van der Waals surface area (Å²) in [6, 6.07) is 8.48. The van der Waals surface area contributed by atoms with Crippen molar-refractivity contribution in [2.45, 2.75) is 25.4 Å². The van der Waals surface area contributed by atoms with Gasteiger partial charge in [-0.05, 0) is 30.2 Å². The van der Waals surface area contributed by atoms with Crippen molar-refractivity contribution in [3.05, 3.63) is 35.4 Å². The van der Waals surface area contributed by atoms with Gasteiger partial charge in [-0.25, -0.2) is 0 Å². The molecular weight excluding hydrogens is 459 g/mol. The minimum atomic E-state index is 0. The van der Waals surface area contributed by atoms with Crippen molar-refractivity contribution in [3.8, 4) is 0 Å². The van der Waals surface area contributed by atoms with Crippen LogP contribution in [0.25, 0.3) is 0 Å². The molecule has 0 aliphatic carbocycles. The van der Waals surface area contributed by atoms with Crippen molar-refractivity contribution < 1.29 is 4.74 Å². The molecule has 5 nitrogen and oxygen atoms in total. The fourth-order valence-electron chi connectivity index (χ4n) is 3.59. The zero-order chi connectivity index (χ0) is 17.5. The van der Waals surface area contributed by atoms with E-state index < -0.39 is 0 Å². The molecule has 0 spiro atoms. The zero-order valence-electron chi connectivity index (χ0n) is 15.8. The molecule has 3 rings (SSSR count). The minimum absolute atomic E-state index is 0. The maximum atomic E-state index is 5.54. The van der Waals surface area contributed by atoms with Gasteiger partial charge in [0.05, 0.1) is 13.2 Å². The van der Waals surface area contributed by atoms with Crippen LogP contribution in [0.5, 0.6) is 0 Å². The van der Waals surface area contributed by atoms with Gasteiger partial charge in [0.2, 0.25) is 0 Å². The van der Waals surface area contributed by atoms with Crippen LogP contribution in [0.3, 0.4) is 0 Å². The number of nitrogens with one attached hydrogen (secondary N) is 2. The van der Waals surface area contributed by atoms with Gasteiger partial charge in [0, 0.05) is 44.5 Å². The lowest BCUT2D eigenvalue weighted by Gasteiger charge is -2.43. The molecule has 0 radical (unpaired) electrons. The highest BCUT2D eigenvalue weighted by molar-refractivity contribution is 14.0. The fourth-order valence-corrected chi connectivity index (χ4v) is 5.07. The van der Waals surface area contributed by atoms with Crippen molar-refractivity contribution >= 4 is 41.7 Å². The maximum absolute atomic E-state index is 5.54. The Hall–Kier alpha value is -0.510. The molecular formula is C19H31IN4OS. The van der Waals surface area contributed by atoms with E-state index in [1.54, 1.807) is 0 Å². The van der Waals surface area contributed by atoms with Crippen LogP contribution in [0.1, 0.15) is 17.5 Å². The average Bonchev–Trinajstić information content (AvgIpc) is 3.14. The highest BCUT2D eigenvalue weighted by atomic mass is 127. The van der Waals surface area contributed by atoms with Gasteiger partial charge in [0.15, 0.2) is 5.96 Å². The van der Waals surface area contributed by atoms with Crippen molar-refractivity contribution in [1.82, 2.24) is 15.5 Å². The lowest BCUT2D eigenvalue weighted by Crippen LogP contribution is -2.60. The van der Waals surface area contributed by atoms with Crippen LogP contribution >= 0.6 is 35.7 Å². The molecule has 2 heterocycles. The average molecular weight is 490 g/mol. The van der Waals surface area contributed by atoms with E-state index in [2.05, 4.69) is 63.5 Å². The van der Waals surface area contributed by atoms with Gasteiger partial charge in [0.1, 0.15) is 0 Å². The molecule has 1 atom stereocenters. The number of aliphatic imine (C=N–C) groups is 1. The molecule has 7 heteroatoms. The monoisotopic (exact) mass is 490 g/mol. The van der Waals surface area contributed by atoms with E-state index in [0.717, 1.165) is 45.4 Å². The lowest BCUT2D eigenvalue weighted by atomic mass is 9.95. The summed E-state index contributed by atoms with van der Waals surface area (Å²) in [6.45, 7) is 7.67. The molecule has 0 bridgehead atoms. The molecule has 1 aromatic carbocycles. The molecule has 0 saturated carbocycles. The molecule has 1 unspecified atom stereocenters. The summed E-state index contributed by atoms with van der Waals surface area (Å²) in [6.07, 6.45) is 1.24. The number of halogens is 1. The van der Waals surface area contributed by atoms with E-state index in [9.17, 15) is 0 Å². The summed E-state index contributed by atoms with van der Waals surface area (Å²) in [5.74, 6) is 3.32. The zero-order valence-corrected chi connectivity index (χ0v) is 18.9. The van der Waals surface area contributed by atoms with Gasteiger partial charge in [0.25, 0.3) is 0 Å². The van der Waals surface area contributed by atoms with Gasteiger partial charge in [-0.1, -0.05) is 24.3 Å².